The normalized spacial score (nSPS) is 20.4. The lowest BCUT2D eigenvalue weighted by atomic mass is 9.83. The van der Waals surface area contributed by atoms with Crippen molar-refractivity contribution in [3.05, 3.63) is 52.6 Å². The first-order valence-corrected chi connectivity index (χ1v) is 10.1. The van der Waals surface area contributed by atoms with Crippen LogP contribution in [-0.2, 0) is 23.2 Å². The van der Waals surface area contributed by atoms with E-state index in [1.54, 1.807) is 0 Å². The fraction of sp³-hybridized carbons (Fsp3) is 0.565. The Hall–Kier alpha value is -1.94. The van der Waals surface area contributed by atoms with E-state index in [4.69, 9.17) is 14.5 Å². The Balaban J connectivity index is 1.58. The van der Waals surface area contributed by atoms with E-state index in [1.165, 1.54) is 22.4 Å². The van der Waals surface area contributed by atoms with Crippen LogP contribution in [0.3, 0.4) is 0 Å². The standard InChI is InChI=1S/C23H30N2O2/c1-15(19-7-8-24-20-6-5-9-27-22(19)20)10-16-13-26-14-17-11-18(23(2,3)4)12-25-21(16)17/h7-8,11-12,15-16H,5-6,9-10,13-14H2,1-4H3. The Labute approximate surface area is 162 Å². The van der Waals surface area contributed by atoms with Crippen molar-refractivity contribution in [2.24, 2.45) is 0 Å². The molecule has 4 heteroatoms. The van der Waals surface area contributed by atoms with E-state index in [2.05, 4.69) is 51.0 Å². The van der Waals surface area contributed by atoms with Gasteiger partial charge in [0, 0.05) is 23.9 Å². The lowest BCUT2D eigenvalue weighted by Crippen LogP contribution is -2.22. The van der Waals surface area contributed by atoms with Crippen LogP contribution in [0.4, 0.5) is 0 Å². The number of aryl methyl sites for hydroxylation is 1. The monoisotopic (exact) mass is 366 g/mol. The summed E-state index contributed by atoms with van der Waals surface area (Å²) in [6.07, 6.45) is 7.07. The molecule has 2 aromatic heterocycles. The Morgan fingerprint density at radius 3 is 2.93 bits per heavy atom. The molecule has 0 bridgehead atoms. The first-order chi connectivity index (χ1) is 12.9. The summed E-state index contributed by atoms with van der Waals surface area (Å²) in [5.74, 6) is 1.72. The van der Waals surface area contributed by atoms with Crippen LogP contribution in [0.2, 0.25) is 0 Å². The predicted molar refractivity (Wildman–Crippen MR) is 106 cm³/mol. The number of hydrogen-bond acceptors (Lipinski definition) is 4. The average Bonchev–Trinajstić information content (AvgIpc) is 2.66. The highest BCUT2D eigenvalue weighted by molar-refractivity contribution is 5.41. The molecular weight excluding hydrogens is 336 g/mol. The molecule has 4 nitrogen and oxygen atoms in total. The molecule has 0 N–H and O–H groups in total. The van der Waals surface area contributed by atoms with Crippen molar-refractivity contribution in [1.82, 2.24) is 9.97 Å². The lowest BCUT2D eigenvalue weighted by molar-refractivity contribution is 0.0849. The molecule has 0 fully saturated rings. The quantitative estimate of drug-likeness (QED) is 0.774. The summed E-state index contributed by atoms with van der Waals surface area (Å²) in [5.41, 5.74) is 6.23. The van der Waals surface area contributed by atoms with Crippen LogP contribution in [0, 0.1) is 0 Å². The van der Waals surface area contributed by atoms with E-state index in [1.807, 2.05) is 6.20 Å². The summed E-state index contributed by atoms with van der Waals surface area (Å²) in [5, 5.41) is 0. The molecule has 0 saturated carbocycles. The molecule has 2 atom stereocenters. The van der Waals surface area contributed by atoms with E-state index in [0.29, 0.717) is 18.4 Å². The molecule has 144 valence electrons. The second-order valence-corrected chi connectivity index (χ2v) is 9.00. The van der Waals surface area contributed by atoms with Gasteiger partial charge in [-0.05, 0) is 53.9 Å². The van der Waals surface area contributed by atoms with Gasteiger partial charge in [-0.1, -0.05) is 27.7 Å². The van der Waals surface area contributed by atoms with Gasteiger partial charge in [-0.2, -0.15) is 0 Å². The van der Waals surface area contributed by atoms with Gasteiger partial charge in [-0.3, -0.25) is 9.97 Å². The summed E-state index contributed by atoms with van der Waals surface area (Å²) in [6, 6.07) is 4.41. The molecule has 0 radical (unpaired) electrons. The second kappa shape index (κ2) is 7.23. The molecule has 2 unspecified atom stereocenters. The van der Waals surface area contributed by atoms with Crippen LogP contribution in [0.1, 0.15) is 80.5 Å². The van der Waals surface area contributed by atoms with Crippen molar-refractivity contribution in [3.8, 4) is 5.75 Å². The van der Waals surface area contributed by atoms with E-state index in [9.17, 15) is 0 Å². The SMILES string of the molecule is CC(CC1COCc2cc(C(C)(C)C)cnc21)c1ccnc2c1OCCC2. The summed E-state index contributed by atoms with van der Waals surface area (Å²) in [6.45, 7) is 11.2. The van der Waals surface area contributed by atoms with Crippen LogP contribution in [0.15, 0.2) is 24.5 Å². The van der Waals surface area contributed by atoms with Crippen LogP contribution < -0.4 is 4.74 Å². The molecule has 27 heavy (non-hydrogen) atoms. The molecular formula is C23H30N2O2. The number of nitrogens with zero attached hydrogens (tertiary/aromatic N) is 2. The van der Waals surface area contributed by atoms with Crippen LogP contribution in [0.5, 0.6) is 5.75 Å². The highest BCUT2D eigenvalue weighted by Gasteiger charge is 2.28. The smallest absolute Gasteiger partial charge is 0.144 e. The van der Waals surface area contributed by atoms with Gasteiger partial charge in [0.2, 0.25) is 0 Å². The van der Waals surface area contributed by atoms with Crippen molar-refractivity contribution in [2.45, 2.75) is 70.8 Å². The predicted octanol–water partition coefficient (Wildman–Crippen LogP) is 4.91. The van der Waals surface area contributed by atoms with Gasteiger partial charge in [-0.25, -0.2) is 0 Å². The maximum atomic E-state index is 5.98. The molecule has 2 aliphatic rings. The zero-order chi connectivity index (χ0) is 19.0. The van der Waals surface area contributed by atoms with Gasteiger partial charge < -0.3 is 9.47 Å². The number of pyridine rings is 2. The van der Waals surface area contributed by atoms with E-state index in [0.717, 1.165) is 43.9 Å². The molecule has 4 heterocycles. The van der Waals surface area contributed by atoms with E-state index >= 15 is 0 Å². The summed E-state index contributed by atoms with van der Waals surface area (Å²) < 4.78 is 11.9. The van der Waals surface area contributed by atoms with Crippen molar-refractivity contribution in [3.63, 3.8) is 0 Å². The van der Waals surface area contributed by atoms with Gasteiger partial charge in [0.05, 0.1) is 31.2 Å². The second-order valence-electron chi connectivity index (χ2n) is 9.00. The van der Waals surface area contributed by atoms with Crippen LogP contribution >= 0.6 is 0 Å². The molecule has 0 aliphatic carbocycles. The molecule has 0 saturated heterocycles. The molecule has 2 aromatic rings. The van der Waals surface area contributed by atoms with Gasteiger partial charge in [-0.15, -0.1) is 0 Å². The number of ether oxygens (including phenoxy) is 2. The van der Waals surface area contributed by atoms with Gasteiger partial charge in [0.1, 0.15) is 5.75 Å². The highest BCUT2D eigenvalue weighted by atomic mass is 16.5. The third-order valence-corrected chi connectivity index (χ3v) is 5.81. The molecule has 0 spiro atoms. The van der Waals surface area contributed by atoms with Crippen LogP contribution in [0.25, 0.3) is 0 Å². The summed E-state index contributed by atoms with van der Waals surface area (Å²) >= 11 is 0. The molecule has 0 amide bonds. The van der Waals surface area contributed by atoms with Gasteiger partial charge in [0.25, 0.3) is 0 Å². The summed E-state index contributed by atoms with van der Waals surface area (Å²) in [7, 11) is 0. The fourth-order valence-corrected chi connectivity index (χ4v) is 4.19. The molecule has 2 aliphatic heterocycles. The van der Waals surface area contributed by atoms with Gasteiger partial charge >= 0.3 is 0 Å². The molecule has 4 rings (SSSR count). The first-order valence-electron chi connectivity index (χ1n) is 10.1. The first kappa shape index (κ1) is 18.4. The largest absolute Gasteiger partial charge is 0.491 e. The topological polar surface area (TPSA) is 44.2 Å². The minimum Gasteiger partial charge on any atom is -0.491 e. The highest BCUT2D eigenvalue weighted by Crippen LogP contribution is 2.39. The minimum atomic E-state index is 0.107. The Morgan fingerprint density at radius 2 is 2.11 bits per heavy atom. The van der Waals surface area contributed by atoms with Crippen molar-refractivity contribution in [2.75, 3.05) is 13.2 Å². The lowest BCUT2D eigenvalue weighted by Gasteiger charge is -2.30. The zero-order valence-electron chi connectivity index (χ0n) is 16.9. The Bertz CT molecular complexity index is 826. The Morgan fingerprint density at radius 1 is 1.26 bits per heavy atom. The number of fused-ring (bicyclic) bond motifs is 2. The van der Waals surface area contributed by atoms with Crippen molar-refractivity contribution < 1.29 is 9.47 Å². The minimum absolute atomic E-state index is 0.107. The maximum Gasteiger partial charge on any atom is 0.144 e. The van der Waals surface area contributed by atoms with Crippen molar-refractivity contribution in [1.29, 1.82) is 0 Å². The number of rotatable bonds is 3. The third-order valence-electron chi connectivity index (χ3n) is 5.81. The summed E-state index contributed by atoms with van der Waals surface area (Å²) in [4.78, 5) is 9.39. The van der Waals surface area contributed by atoms with Crippen molar-refractivity contribution >= 4 is 0 Å². The van der Waals surface area contributed by atoms with E-state index < -0.39 is 0 Å². The fourth-order valence-electron chi connectivity index (χ4n) is 4.19. The zero-order valence-corrected chi connectivity index (χ0v) is 16.9. The van der Waals surface area contributed by atoms with Gasteiger partial charge in [0.15, 0.2) is 0 Å². The average molecular weight is 367 g/mol. The molecule has 0 aromatic carbocycles. The van der Waals surface area contributed by atoms with E-state index in [-0.39, 0.29) is 5.41 Å². The number of aromatic nitrogens is 2. The maximum absolute atomic E-state index is 5.98. The third kappa shape index (κ3) is 3.73. The van der Waals surface area contributed by atoms with Crippen LogP contribution in [-0.4, -0.2) is 23.2 Å². The Kier molecular flexibility index (Phi) is 4.94. The number of hydrogen-bond donors (Lipinski definition) is 0.